The van der Waals surface area contributed by atoms with Gasteiger partial charge >= 0.3 is 12.2 Å². The van der Waals surface area contributed by atoms with Gasteiger partial charge in [-0.3, -0.25) is 14.6 Å². The number of rotatable bonds is 6. The zero-order valence-electron chi connectivity index (χ0n) is 20.3. The van der Waals surface area contributed by atoms with Crippen LogP contribution < -0.4 is 20.4 Å². The summed E-state index contributed by atoms with van der Waals surface area (Å²) in [6.07, 6.45) is -2.97. The number of hydrogen-bond acceptors (Lipinski definition) is 6. The van der Waals surface area contributed by atoms with Crippen LogP contribution in [0.3, 0.4) is 0 Å². The minimum Gasteiger partial charge on any atom is -0.394 e. The fraction of sp³-hybridized carbons (Fsp3) is 0.280. The first-order chi connectivity index (χ1) is 17.5. The Labute approximate surface area is 210 Å². The Bertz CT molecular complexity index is 1350. The van der Waals surface area contributed by atoms with E-state index in [0.717, 1.165) is 17.7 Å². The van der Waals surface area contributed by atoms with Crippen molar-refractivity contribution in [3.63, 3.8) is 0 Å². The van der Waals surface area contributed by atoms with E-state index in [2.05, 4.69) is 20.6 Å². The van der Waals surface area contributed by atoms with Gasteiger partial charge in [-0.1, -0.05) is 12.1 Å². The SMILES string of the molecule is Cc1ccc(NC(=O)c2cccc(C(F)(F)F)c2)cc1N1Cc2cnc(N[C@@H](C)CO)nc2N(C)C1=O. The second kappa shape index (κ2) is 10.1. The zero-order valence-corrected chi connectivity index (χ0v) is 20.3. The molecule has 37 heavy (non-hydrogen) atoms. The van der Waals surface area contributed by atoms with Crippen molar-refractivity contribution < 1.29 is 27.9 Å². The predicted molar refractivity (Wildman–Crippen MR) is 133 cm³/mol. The lowest BCUT2D eigenvalue weighted by Gasteiger charge is -2.35. The molecule has 2 heterocycles. The van der Waals surface area contributed by atoms with Gasteiger partial charge < -0.3 is 15.7 Å². The largest absolute Gasteiger partial charge is 0.416 e. The zero-order chi connectivity index (χ0) is 26.9. The van der Waals surface area contributed by atoms with E-state index in [0.29, 0.717) is 22.8 Å². The summed E-state index contributed by atoms with van der Waals surface area (Å²) in [5.41, 5.74) is 1.20. The van der Waals surface area contributed by atoms with Crippen LogP contribution in [0.1, 0.15) is 34.0 Å². The number of alkyl halides is 3. The maximum atomic E-state index is 13.3. The Morgan fingerprint density at radius 3 is 2.68 bits per heavy atom. The van der Waals surface area contributed by atoms with E-state index in [1.165, 1.54) is 21.9 Å². The summed E-state index contributed by atoms with van der Waals surface area (Å²) in [6.45, 7) is 3.63. The van der Waals surface area contributed by atoms with E-state index in [1.54, 1.807) is 45.3 Å². The highest BCUT2D eigenvalue weighted by molar-refractivity contribution is 6.07. The Morgan fingerprint density at radius 2 is 1.97 bits per heavy atom. The number of urea groups is 1. The molecule has 3 amide bonds. The maximum Gasteiger partial charge on any atom is 0.416 e. The number of aromatic nitrogens is 2. The summed E-state index contributed by atoms with van der Waals surface area (Å²) < 4.78 is 39.1. The number of carbonyl (C=O) groups is 2. The summed E-state index contributed by atoms with van der Waals surface area (Å²) in [4.78, 5) is 37.5. The van der Waals surface area contributed by atoms with Crippen LogP contribution in [0.5, 0.6) is 0 Å². The lowest BCUT2D eigenvalue weighted by Crippen LogP contribution is -2.46. The van der Waals surface area contributed by atoms with Gasteiger partial charge in [0.25, 0.3) is 5.91 Å². The summed E-state index contributed by atoms with van der Waals surface area (Å²) in [5, 5.41) is 14.8. The standard InChI is InChI=1S/C25H25F3N6O3/c1-14-7-8-19(31-22(36)16-5-4-6-18(9-16)25(26,27)28)10-20(14)34-12-17-11-29-23(30-15(2)13-35)32-21(17)33(3)24(34)37/h4-11,15,35H,12-13H2,1-3H3,(H,31,36)(H,29,30,32)/t15-/m0/s1. The molecule has 0 radical (unpaired) electrons. The van der Waals surface area contributed by atoms with Crippen molar-refractivity contribution in [1.82, 2.24) is 9.97 Å². The van der Waals surface area contributed by atoms with Crippen molar-refractivity contribution in [1.29, 1.82) is 0 Å². The van der Waals surface area contributed by atoms with Gasteiger partial charge in [-0.15, -0.1) is 0 Å². The molecule has 0 unspecified atom stereocenters. The second-order valence-electron chi connectivity index (χ2n) is 8.73. The first-order valence-corrected chi connectivity index (χ1v) is 11.4. The molecule has 0 spiro atoms. The van der Waals surface area contributed by atoms with Gasteiger partial charge in [-0.05, 0) is 49.7 Å². The molecule has 1 atom stereocenters. The van der Waals surface area contributed by atoms with Gasteiger partial charge in [0.2, 0.25) is 5.95 Å². The molecule has 0 aliphatic carbocycles. The van der Waals surface area contributed by atoms with Crippen molar-refractivity contribution in [3.05, 3.63) is 70.9 Å². The Kier molecular flexibility index (Phi) is 7.03. The lowest BCUT2D eigenvalue weighted by molar-refractivity contribution is -0.137. The summed E-state index contributed by atoms with van der Waals surface area (Å²) in [7, 11) is 1.58. The number of halogens is 3. The summed E-state index contributed by atoms with van der Waals surface area (Å²) in [5.74, 6) is -0.00157. The molecule has 9 nitrogen and oxygen atoms in total. The van der Waals surface area contributed by atoms with Crippen LogP contribution in [-0.2, 0) is 12.7 Å². The third kappa shape index (κ3) is 5.48. The molecule has 0 fully saturated rings. The highest BCUT2D eigenvalue weighted by Crippen LogP contribution is 2.34. The highest BCUT2D eigenvalue weighted by Gasteiger charge is 2.32. The van der Waals surface area contributed by atoms with Gasteiger partial charge in [-0.2, -0.15) is 18.2 Å². The maximum absolute atomic E-state index is 13.3. The summed E-state index contributed by atoms with van der Waals surface area (Å²) in [6, 6.07) is 8.43. The Balaban J connectivity index is 1.58. The molecule has 0 bridgehead atoms. The average Bonchev–Trinajstić information content (AvgIpc) is 2.87. The average molecular weight is 515 g/mol. The van der Waals surface area contributed by atoms with Crippen molar-refractivity contribution in [2.45, 2.75) is 32.6 Å². The van der Waals surface area contributed by atoms with Crippen LogP contribution in [0.15, 0.2) is 48.7 Å². The first-order valence-electron chi connectivity index (χ1n) is 11.4. The molecule has 4 rings (SSSR count). The Hall–Kier alpha value is -4.19. The van der Waals surface area contributed by atoms with Gasteiger partial charge in [0.05, 0.1) is 24.4 Å². The minimum absolute atomic E-state index is 0.108. The van der Waals surface area contributed by atoms with Gasteiger partial charge in [0, 0.05) is 36.1 Å². The van der Waals surface area contributed by atoms with Crippen molar-refractivity contribution in [2.75, 3.05) is 34.1 Å². The molecule has 2 aromatic carbocycles. The van der Waals surface area contributed by atoms with Crippen LogP contribution in [-0.4, -0.2) is 46.7 Å². The molecule has 1 aliphatic heterocycles. The van der Waals surface area contributed by atoms with Crippen molar-refractivity contribution in [3.8, 4) is 0 Å². The number of nitrogens with one attached hydrogen (secondary N) is 2. The van der Waals surface area contributed by atoms with Crippen LogP contribution in [0, 0.1) is 6.92 Å². The molecule has 1 aromatic heterocycles. The fourth-order valence-corrected chi connectivity index (χ4v) is 3.85. The van der Waals surface area contributed by atoms with Crippen molar-refractivity contribution in [2.24, 2.45) is 0 Å². The number of carbonyl (C=O) groups excluding carboxylic acids is 2. The van der Waals surface area contributed by atoms with E-state index in [-0.39, 0.29) is 36.7 Å². The number of nitrogens with zero attached hydrogens (tertiary/aromatic N) is 4. The molecule has 0 saturated heterocycles. The molecule has 12 heteroatoms. The van der Waals surface area contributed by atoms with Crippen LogP contribution >= 0.6 is 0 Å². The number of benzene rings is 2. The number of hydrogen-bond donors (Lipinski definition) is 3. The van der Waals surface area contributed by atoms with Gasteiger partial charge in [0.1, 0.15) is 5.82 Å². The second-order valence-corrected chi connectivity index (χ2v) is 8.73. The number of aliphatic hydroxyl groups excluding tert-OH is 1. The smallest absolute Gasteiger partial charge is 0.394 e. The third-order valence-corrected chi connectivity index (χ3v) is 5.86. The molecule has 194 valence electrons. The van der Waals surface area contributed by atoms with E-state index in [9.17, 15) is 27.9 Å². The minimum atomic E-state index is -4.57. The Morgan fingerprint density at radius 1 is 1.22 bits per heavy atom. The van der Waals surface area contributed by atoms with Crippen LogP contribution in [0.4, 0.5) is 41.1 Å². The molecular formula is C25H25F3N6O3. The fourth-order valence-electron chi connectivity index (χ4n) is 3.85. The normalized spacial score (nSPS) is 14.3. The lowest BCUT2D eigenvalue weighted by atomic mass is 10.1. The molecular weight excluding hydrogens is 489 g/mol. The van der Waals surface area contributed by atoms with E-state index in [1.807, 2.05) is 0 Å². The van der Waals surface area contributed by atoms with Gasteiger partial charge in [0.15, 0.2) is 0 Å². The third-order valence-electron chi connectivity index (χ3n) is 5.86. The monoisotopic (exact) mass is 514 g/mol. The number of aliphatic hydroxyl groups is 1. The van der Waals surface area contributed by atoms with Gasteiger partial charge in [-0.25, -0.2) is 9.78 Å². The van der Waals surface area contributed by atoms with E-state index in [4.69, 9.17) is 0 Å². The van der Waals surface area contributed by atoms with Crippen LogP contribution in [0.25, 0.3) is 0 Å². The van der Waals surface area contributed by atoms with Crippen molar-refractivity contribution >= 4 is 35.1 Å². The van der Waals surface area contributed by atoms with E-state index < -0.39 is 17.6 Å². The molecule has 3 aromatic rings. The van der Waals surface area contributed by atoms with Crippen LogP contribution in [0.2, 0.25) is 0 Å². The number of fused-ring (bicyclic) bond motifs is 1. The van der Waals surface area contributed by atoms with E-state index >= 15 is 0 Å². The number of amides is 3. The number of aryl methyl sites for hydroxylation is 1. The topological polar surface area (TPSA) is 111 Å². The molecule has 3 N–H and O–H groups in total. The molecule has 0 saturated carbocycles. The molecule has 1 aliphatic rings. The predicted octanol–water partition coefficient (Wildman–Crippen LogP) is 4.43. The quantitative estimate of drug-likeness (QED) is 0.449. The first kappa shape index (κ1) is 25.9. The number of anilines is 4. The summed E-state index contributed by atoms with van der Waals surface area (Å²) >= 11 is 0. The highest BCUT2D eigenvalue weighted by atomic mass is 19.4.